The van der Waals surface area contributed by atoms with Gasteiger partial charge in [-0.15, -0.1) is 0 Å². The Morgan fingerprint density at radius 2 is 2.38 bits per heavy atom. The fourth-order valence-electron chi connectivity index (χ4n) is 1.94. The van der Waals surface area contributed by atoms with E-state index < -0.39 is 5.97 Å². The zero-order chi connectivity index (χ0) is 11.9. The van der Waals surface area contributed by atoms with Crippen LogP contribution in [0.25, 0.3) is 0 Å². The summed E-state index contributed by atoms with van der Waals surface area (Å²) in [5.41, 5.74) is 6.57. The van der Waals surface area contributed by atoms with Crippen molar-refractivity contribution in [2.75, 3.05) is 0 Å². The molecule has 84 valence electrons. The number of hydrogen-bond acceptors (Lipinski definition) is 4. The summed E-state index contributed by atoms with van der Waals surface area (Å²) < 4.78 is 5.10. The summed E-state index contributed by atoms with van der Waals surface area (Å²) in [5, 5.41) is 9.32. The largest absolute Gasteiger partial charge is 0.508 e. The second-order valence-electron chi connectivity index (χ2n) is 3.78. The first-order chi connectivity index (χ1) is 7.50. The molecule has 4 nitrogen and oxygen atoms in total. The summed E-state index contributed by atoms with van der Waals surface area (Å²) in [6, 6.07) is 0. The molecule has 0 amide bonds. The predicted octanol–water partition coefficient (Wildman–Crippen LogP) is 1.49. The molecule has 0 saturated carbocycles. The van der Waals surface area contributed by atoms with Crippen LogP contribution in [0.5, 0.6) is 0 Å². The van der Waals surface area contributed by atoms with Crippen LogP contribution in [0.3, 0.4) is 0 Å². The Morgan fingerprint density at radius 1 is 1.69 bits per heavy atom. The molecule has 2 rings (SSSR count). The first-order valence-electron chi connectivity index (χ1n) is 4.84. The van der Waals surface area contributed by atoms with Crippen LogP contribution in [0.2, 0.25) is 0 Å². The molecule has 1 aliphatic heterocycles. The average molecular weight is 237 g/mol. The van der Waals surface area contributed by atoms with Crippen molar-refractivity contribution in [3.8, 4) is 0 Å². The molecular formula is C11H11NO3S. The van der Waals surface area contributed by atoms with E-state index in [9.17, 15) is 9.90 Å². The van der Waals surface area contributed by atoms with Gasteiger partial charge in [0, 0.05) is 12.0 Å². The third-order valence-corrected chi connectivity index (χ3v) is 2.98. The third kappa shape index (κ3) is 1.63. The van der Waals surface area contributed by atoms with Crippen LogP contribution in [0, 0.1) is 5.92 Å². The summed E-state index contributed by atoms with van der Waals surface area (Å²) in [6.07, 6.45) is 3.71. The van der Waals surface area contributed by atoms with Crippen molar-refractivity contribution in [3.63, 3.8) is 0 Å². The van der Waals surface area contributed by atoms with Crippen molar-refractivity contribution in [1.29, 1.82) is 0 Å². The second kappa shape index (κ2) is 3.75. The first-order valence-corrected chi connectivity index (χ1v) is 5.25. The number of thiocarbonyl (C=S) groups is 1. The molecule has 0 aromatic rings. The molecule has 0 bridgehead atoms. The maximum absolute atomic E-state index is 11.6. The maximum Gasteiger partial charge on any atom is 0.346 e. The van der Waals surface area contributed by atoms with Gasteiger partial charge < -0.3 is 15.6 Å². The zero-order valence-corrected chi connectivity index (χ0v) is 9.50. The van der Waals surface area contributed by atoms with E-state index >= 15 is 0 Å². The number of fused-ring (bicyclic) bond motifs is 1. The van der Waals surface area contributed by atoms with E-state index in [1.54, 1.807) is 6.08 Å². The Kier molecular flexibility index (Phi) is 2.55. The normalized spacial score (nSPS) is 24.3. The molecule has 2 aliphatic rings. The molecule has 1 heterocycles. The molecule has 1 unspecified atom stereocenters. The first kappa shape index (κ1) is 10.9. The van der Waals surface area contributed by atoms with Crippen LogP contribution < -0.4 is 5.73 Å². The van der Waals surface area contributed by atoms with Crippen LogP contribution in [0.15, 0.2) is 34.8 Å². The van der Waals surface area contributed by atoms with Gasteiger partial charge in [-0.2, -0.15) is 0 Å². The monoisotopic (exact) mass is 237 g/mol. The highest BCUT2D eigenvalue weighted by molar-refractivity contribution is 7.80. The van der Waals surface area contributed by atoms with Gasteiger partial charge in [0.05, 0.1) is 5.57 Å². The van der Waals surface area contributed by atoms with E-state index in [4.69, 9.17) is 22.7 Å². The quantitative estimate of drug-likeness (QED) is 0.534. The molecular weight excluding hydrogens is 226 g/mol. The number of carbonyl (C=O) groups is 1. The molecule has 16 heavy (non-hydrogen) atoms. The number of aliphatic hydroxyl groups excluding tert-OH is 1. The van der Waals surface area contributed by atoms with Crippen LogP contribution in [0.1, 0.15) is 13.3 Å². The fourth-order valence-corrected chi connectivity index (χ4v) is 2.18. The number of carbonyl (C=O) groups excluding carboxylic acids is 1. The summed E-state index contributed by atoms with van der Waals surface area (Å²) in [5.74, 6) is -0.0135. The standard InChI is InChI=1S/C11H11NO3S/c1-5-7-3-2-6(13)4-8(7)15-11(14)9(5)10(12)16/h2,4,7,13H,3H2,1H3,(H2,12,16). The van der Waals surface area contributed by atoms with Crippen LogP contribution in [-0.4, -0.2) is 16.1 Å². The maximum atomic E-state index is 11.6. The van der Waals surface area contributed by atoms with Crippen LogP contribution in [-0.2, 0) is 9.53 Å². The summed E-state index contributed by atoms with van der Waals surface area (Å²) in [6.45, 7) is 1.81. The van der Waals surface area contributed by atoms with Crippen molar-refractivity contribution in [2.45, 2.75) is 13.3 Å². The molecule has 3 N–H and O–H groups in total. The summed E-state index contributed by atoms with van der Waals surface area (Å²) in [7, 11) is 0. The third-order valence-electron chi connectivity index (χ3n) is 2.77. The lowest BCUT2D eigenvalue weighted by atomic mass is 9.86. The van der Waals surface area contributed by atoms with Crippen LogP contribution in [0.4, 0.5) is 0 Å². The lowest BCUT2D eigenvalue weighted by molar-refractivity contribution is -0.136. The number of nitrogens with two attached hydrogens (primary N) is 1. The zero-order valence-electron chi connectivity index (χ0n) is 8.69. The second-order valence-corrected chi connectivity index (χ2v) is 4.22. The highest BCUT2D eigenvalue weighted by Crippen LogP contribution is 2.36. The van der Waals surface area contributed by atoms with Crippen molar-refractivity contribution >= 4 is 23.2 Å². The van der Waals surface area contributed by atoms with Gasteiger partial charge in [0.15, 0.2) is 0 Å². The van der Waals surface area contributed by atoms with Crippen molar-refractivity contribution in [2.24, 2.45) is 11.7 Å². The van der Waals surface area contributed by atoms with E-state index in [0.29, 0.717) is 12.2 Å². The van der Waals surface area contributed by atoms with E-state index in [2.05, 4.69) is 0 Å². The highest BCUT2D eigenvalue weighted by Gasteiger charge is 2.33. The smallest absolute Gasteiger partial charge is 0.346 e. The molecule has 0 saturated heterocycles. The Hall–Kier alpha value is -1.62. The molecule has 0 aromatic carbocycles. The number of aliphatic hydroxyl groups is 1. The lowest BCUT2D eigenvalue weighted by Gasteiger charge is -2.28. The van der Waals surface area contributed by atoms with E-state index in [-0.39, 0.29) is 22.2 Å². The predicted molar refractivity (Wildman–Crippen MR) is 62.5 cm³/mol. The molecule has 1 aliphatic carbocycles. The highest BCUT2D eigenvalue weighted by atomic mass is 32.1. The van der Waals surface area contributed by atoms with Crippen molar-refractivity contribution in [1.82, 2.24) is 0 Å². The number of allylic oxidation sites excluding steroid dienone is 3. The molecule has 5 heteroatoms. The molecule has 0 fully saturated rings. The minimum absolute atomic E-state index is 0.0508. The lowest BCUT2D eigenvalue weighted by Crippen LogP contribution is -2.30. The van der Waals surface area contributed by atoms with Gasteiger partial charge >= 0.3 is 5.97 Å². The number of hydrogen-bond donors (Lipinski definition) is 2. The Balaban J connectivity index is 2.48. The topological polar surface area (TPSA) is 72.6 Å². The number of esters is 1. The number of rotatable bonds is 1. The van der Waals surface area contributed by atoms with Crippen molar-refractivity contribution in [3.05, 3.63) is 34.8 Å². The Morgan fingerprint density at radius 3 is 3.00 bits per heavy atom. The average Bonchev–Trinajstić information content (AvgIpc) is 2.15. The van der Waals surface area contributed by atoms with E-state index in [0.717, 1.165) is 5.57 Å². The van der Waals surface area contributed by atoms with Gasteiger partial charge in [0.25, 0.3) is 0 Å². The van der Waals surface area contributed by atoms with E-state index in [1.807, 2.05) is 6.92 Å². The SMILES string of the molecule is CC1=C(C(N)=S)C(=O)OC2=CC(O)=CCC21. The van der Waals surface area contributed by atoms with Gasteiger partial charge in [-0.3, -0.25) is 0 Å². The number of ether oxygens (including phenoxy) is 1. The van der Waals surface area contributed by atoms with Crippen molar-refractivity contribution < 1.29 is 14.6 Å². The van der Waals surface area contributed by atoms with E-state index in [1.165, 1.54) is 6.08 Å². The minimum atomic E-state index is -0.540. The summed E-state index contributed by atoms with van der Waals surface area (Å²) in [4.78, 5) is 11.7. The van der Waals surface area contributed by atoms with Gasteiger partial charge in [0.1, 0.15) is 16.5 Å². The Labute approximate surface area is 98.1 Å². The molecule has 0 spiro atoms. The van der Waals surface area contributed by atoms with Crippen LogP contribution >= 0.6 is 12.2 Å². The van der Waals surface area contributed by atoms with Gasteiger partial charge in [-0.1, -0.05) is 12.2 Å². The van der Waals surface area contributed by atoms with Gasteiger partial charge in [0.2, 0.25) is 0 Å². The fraction of sp³-hybridized carbons (Fsp3) is 0.273. The summed E-state index contributed by atoms with van der Waals surface area (Å²) >= 11 is 4.82. The molecule has 1 atom stereocenters. The minimum Gasteiger partial charge on any atom is -0.508 e. The van der Waals surface area contributed by atoms with Gasteiger partial charge in [-0.05, 0) is 25.0 Å². The van der Waals surface area contributed by atoms with Gasteiger partial charge in [-0.25, -0.2) is 4.79 Å². The molecule has 0 radical (unpaired) electrons. The molecule has 0 aromatic heterocycles. The Bertz CT molecular complexity index is 474.